The topological polar surface area (TPSA) is 60.2 Å². The van der Waals surface area contributed by atoms with Crippen molar-refractivity contribution in [1.29, 1.82) is 0 Å². The van der Waals surface area contributed by atoms with E-state index in [1.165, 1.54) is 6.07 Å². The average Bonchev–Trinajstić information content (AvgIpc) is 2.33. The summed E-state index contributed by atoms with van der Waals surface area (Å²) in [5.74, 6) is 0.0158. The maximum absolute atomic E-state index is 12.6. The largest absolute Gasteiger partial charge is 0.433 e. The number of alkyl halides is 3. The summed E-state index contributed by atoms with van der Waals surface area (Å²) >= 11 is 4.77. The van der Waals surface area contributed by atoms with Crippen molar-refractivity contribution in [2.24, 2.45) is 5.73 Å². The first-order chi connectivity index (χ1) is 8.86. The van der Waals surface area contributed by atoms with Gasteiger partial charge in [0.15, 0.2) is 0 Å². The number of rotatable bonds is 6. The zero-order valence-corrected chi connectivity index (χ0v) is 11.1. The minimum absolute atomic E-state index is 0.0138. The quantitative estimate of drug-likeness (QED) is 0.622. The van der Waals surface area contributed by atoms with E-state index < -0.39 is 11.9 Å². The summed E-state index contributed by atoms with van der Waals surface area (Å²) in [6.07, 6.45) is -4.51. The smallest absolute Gasteiger partial charge is 0.389 e. The SMILES string of the molecule is CCOCCNc1nc(C(F)(F)F)ccc1C(N)=S. The van der Waals surface area contributed by atoms with Crippen molar-refractivity contribution in [2.75, 3.05) is 25.1 Å². The van der Waals surface area contributed by atoms with E-state index in [0.29, 0.717) is 19.8 Å². The summed E-state index contributed by atoms with van der Waals surface area (Å²) in [5.41, 5.74) is 4.73. The molecule has 106 valence electrons. The summed E-state index contributed by atoms with van der Waals surface area (Å²) in [5, 5.41) is 2.74. The van der Waals surface area contributed by atoms with Gasteiger partial charge in [-0.05, 0) is 19.1 Å². The van der Waals surface area contributed by atoms with Gasteiger partial charge in [0.1, 0.15) is 16.5 Å². The molecule has 0 saturated heterocycles. The Labute approximate surface area is 114 Å². The van der Waals surface area contributed by atoms with Crippen LogP contribution < -0.4 is 11.1 Å². The number of hydrogen-bond acceptors (Lipinski definition) is 4. The van der Waals surface area contributed by atoms with Crippen LogP contribution in [0.2, 0.25) is 0 Å². The van der Waals surface area contributed by atoms with Gasteiger partial charge in [0.2, 0.25) is 0 Å². The van der Waals surface area contributed by atoms with Gasteiger partial charge in [-0.3, -0.25) is 0 Å². The van der Waals surface area contributed by atoms with Crippen LogP contribution in [0.25, 0.3) is 0 Å². The van der Waals surface area contributed by atoms with E-state index in [0.717, 1.165) is 6.07 Å². The van der Waals surface area contributed by atoms with E-state index in [9.17, 15) is 13.2 Å². The predicted molar refractivity (Wildman–Crippen MR) is 70.1 cm³/mol. The molecule has 0 aliphatic heterocycles. The summed E-state index contributed by atoms with van der Waals surface area (Å²) in [6, 6.07) is 2.06. The van der Waals surface area contributed by atoms with Crippen molar-refractivity contribution in [3.63, 3.8) is 0 Å². The third-order valence-electron chi connectivity index (χ3n) is 2.19. The van der Waals surface area contributed by atoms with Gasteiger partial charge in [0.05, 0.1) is 12.2 Å². The Balaban J connectivity index is 2.93. The molecule has 0 unspecified atom stereocenters. The number of ether oxygens (including phenoxy) is 1. The second-order valence-corrected chi connectivity index (χ2v) is 4.02. The average molecular weight is 293 g/mol. The summed E-state index contributed by atoms with van der Waals surface area (Å²) < 4.78 is 42.8. The second kappa shape index (κ2) is 6.67. The summed E-state index contributed by atoms with van der Waals surface area (Å²) in [4.78, 5) is 3.49. The van der Waals surface area contributed by atoms with Crippen molar-refractivity contribution < 1.29 is 17.9 Å². The number of aromatic nitrogens is 1. The normalized spacial score (nSPS) is 11.4. The van der Waals surface area contributed by atoms with Gasteiger partial charge in [-0.15, -0.1) is 0 Å². The molecule has 4 nitrogen and oxygen atoms in total. The Hall–Kier alpha value is -1.41. The molecule has 0 saturated carbocycles. The molecule has 0 spiro atoms. The fourth-order valence-electron chi connectivity index (χ4n) is 1.34. The zero-order valence-electron chi connectivity index (χ0n) is 10.3. The molecule has 0 aromatic carbocycles. The summed E-state index contributed by atoms with van der Waals surface area (Å²) in [6.45, 7) is 3.02. The molecule has 0 fully saturated rings. The van der Waals surface area contributed by atoms with Gasteiger partial charge < -0.3 is 15.8 Å². The van der Waals surface area contributed by atoms with Crippen molar-refractivity contribution in [3.05, 3.63) is 23.4 Å². The van der Waals surface area contributed by atoms with Crippen LogP contribution in [0, 0.1) is 0 Å². The van der Waals surface area contributed by atoms with Crippen LogP contribution in [0.3, 0.4) is 0 Å². The second-order valence-electron chi connectivity index (χ2n) is 3.58. The molecule has 0 amide bonds. The first kappa shape index (κ1) is 15.6. The van der Waals surface area contributed by atoms with Crippen molar-refractivity contribution in [1.82, 2.24) is 4.98 Å². The first-order valence-corrected chi connectivity index (χ1v) is 5.96. The number of thiocarbonyl (C=S) groups is 1. The molecule has 1 aromatic rings. The van der Waals surface area contributed by atoms with Crippen LogP contribution in [0.15, 0.2) is 12.1 Å². The van der Waals surface area contributed by atoms with Gasteiger partial charge in [-0.2, -0.15) is 13.2 Å². The van der Waals surface area contributed by atoms with E-state index in [1.807, 2.05) is 6.92 Å². The van der Waals surface area contributed by atoms with Crippen LogP contribution in [0.5, 0.6) is 0 Å². The van der Waals surface area contributed by atoms with Crippen LogP contribution in [-0.4, -0.2) is 29.7 Å². The molecule has 8 heteroatoms. The minimum Gasteiger partial charge on any atom is -0.389 e. The third kappa shape index (κ3) is 4.64. The molecule has 19 heavy (non-hydrogen) atoms. The third-order valence-corrected chi connectivity index (χ3v) is 2.41. The van der Waals surface area contributed by atoms with E-state index >= 15 is 0 Å². The minimum atomic E-state index is -4.51. The Morgan fingerprint density at radius 1 is 1.47 bits per heavy atom. The standard InChI is InChI=1S/C11H14F3N3OS/c1-2-18-6-5-16-10-7(9(15)19)3-4-8(17-10)11(12,13)14/h3-4H,2,5-6H2,1H3,(H2,15,19)(H,16,17). The van der Waals surface area contributed by atoms with Gasteiger partial charge in [0, 0.05) is 13.2 Å². The molecular formula is C11H14F3N3OS. The van der Waals surface area contributed by atoms with Crippen molar-refractivity contribution >= 4 is 23.0 Å². The predicted octanol–water partition coefficient (Wildman–Crippen LogP) is 2.18. The zero-order chi connectivity index (χ0) is 14.5. The highest BCUT2D eigenvalue weighted by Gasteiger charge is 2.33. The highest BCUT2D eigenvalue weighted by molar-refractivity contribution is 7.80. The molecule has 3 N–H and O–H groups in total. The number of halogens is 3. The number of pyridine rings is 1. The Kier molecular flexibility index (Phi) is 5.49. The number of nitrogens with one attached hydrogen (secondary N) is 1. The maximum atomic E-state index is 12.6. The highest BCUT2D eigenvalue weighted by Crippen LogP contribution is 2.29. The monoisotopic (exact) mass is 293 g/mol. The van der Waals surface area contributed by atoms with Gasteiger partial charge in [-0.1, -0.05) is 12.2 Å². The van der Waals surface area contributed by atoms with Crippen LogP contribution in [0.4, 0.5) is 19.0 Å². The molecule has 0 aliphatic carbocycles. The Morgan fingerprint density at radius 3 is 2.68 bits per heavy atom. The van der Waals surface area contributed by atoms with Crippen LogP contribution in [0.1, 0.15) is 18.2 Å². The molecule has 0 atom stereocenters. The summed E-state index contributed by atoms with van der Waals surface area (Å²) in [7, 11) is 0. The van der Waals surface area contributed by atoms with E-state index in [4.69, 9.17) is 22.7 Å². The Bertz CT molecular complexity index is 451. The molecular weight excluding hydrogens is 279 g/mol. The highest BCUT2D eigenvalue weighted by atomic mass is 32.1. The van der Waals surface area contributed by atoms with E-state index in [-0.39, 0.29) is 16.4 Å². The lowest BCUT2D eigenvalue weighted by Gasteiger charge is -2.13. The van der Waals surface area contributed by atoms with E-state index in [1.54, 1.807) is 0 Å². The Morgan fingerprint density at radius 2 is 2.16 bits per heavy atom. The van der Waals surface area contributed by atoms with Crippen molar-refractivity contribution in [3.8, 4) is 0 Å². The molecule has 0 aliphatic rings. The van der Waals surface area contributed by atoms with Crippen LogP contribution in [-0.2, 0) is 10.9 Å². The van der Waals surface area contributed by atoms with Crippen LogP contribution >= 0.6 is 12.2 Å². The number of nitrogens with two attached hydrogens (primary N) is 1. The van der Waals surface area contributed by atoms with Gasteiger partial charge >= 0.3 is 6.18 Å². The first-order valence-electron chi connectivity index (χ1n) is 5.56. The molecule has 1 rings (SSSR count). The number of hydrogen-bond donors (Lipinski definition) is 2. The lowest BCUT2D eigenvalue weighted by Crippen LogP contribution is -2.19. The lowest BCUT2D eigenvalue weighted by atomic mass is 10.2. The molecule has 1 heterocycles. The fourth-order valence-corrected chi connectivity index (χ4v) is 1.50. The van der Waals surface area contributed by atoms with Gasteiger partial charge in [0.25, 0.3) is 0 Å². The van der Waals surface area contributed by atoms with E-state index in [2.05, 4.69) is 10.3 Å². The number of nitrogens with zero attached hydrogens (tertiary/aromatic N) is 1. The molecule has 0 bridgehead atoms. The fraction of sp³-hybridized carbons (Fsp3) is 0.455. The maximum Gasteiger partial charge on any atom is 0.433 e. The molecule has 1 aromatic heterocycles. The van der Waals surface area contributed by atoms with Crippen molar-refractivity contribution in [2.45, 2.75) is 13.1 Å². The van der Waals surface area contributed by atoms with Gasteiger partial charge in [-0.25, -0.2) is 4.98 Å². The number of anilines is 1. The molecule has 0 radical (unpaired) electrons. The lowest BCUT2D eigenvalue weighted by molar-refractivity contribution is -0.141.